The minimum absolute atomic E-state index is 0.0946. The number of hydrogen-bond donors (Lipinski definition) is 1. The average Bonchev–Trinajstić information content (AvgIpc) is 2.41. The maximum absolute atomic E-state index is 13.0. The molecule has 18 heavy (non-hydrogen) atoms. The zero-order valence-corrected chi connectivity index (χ0v) is 10.3. The molecule has 1 saturated heterocycles. The summed E-state index contributed by atoms with van der Waals surface area (Å²) in [7, 11) is 0. The van der Waals surface area contributed by atoms with Crippen molar-refractivity contribution >= 4 is 0 Å². The van der Waals surface area contributed by atoms with Crippen LogP contribution in [0, 0.1) is 17.7 Å². The van der Waals surface area contributed by atoms with Crippen molar-refractivity contribution in [3.63, 3.8) is 0 Å². The molecular formula is C14H19FO3. The summed E-state index contributed by atoms with van der Waals surface area (Å²) in [6.45, 7) is 2.02. The highest BCUT2D eigenvalue weighted by molar-refractivity contribution is 5.22. The molecule has 2 rings (SSSR count). The van der Waals surface area contributed by atoms with Gasteiger partial charge in [0.25, 0.3) is 0 Å². The van der Waals surface area contributed by atoms with Crippen molar-refractivity contribution in [2.75, 3.05) is 26.4 Å². The molecule has 4 heteroatoms. The third kappa shape index (κ3) is 3.68. The van der Waals surface area contributed by atoms with Crippen molar-refractivity contribution in [3.8, 4) is 5.75 Å². The lowest BCUT2D eigenvalue weighted by Crippen LogP contribution is -2.30. The molecule has 1 aromatic rings. The van der Waals surface area contributed by atoms with Crippen LogP contribution in [0.3, 0.4) is 0 Å². The standard InChI is InChI=1S/C14H19FO3/c15-13-2-1-3-14(8-13)18-10-12(9-16)11-4-6-17-7-5-11/h1-3,8,11-12,16H,4-7,9-10H2. The Hall–Kier alpha value is -1.13. The predicted molar refractivity (Wildman–Crippen MR) is 66.0 cm³/mol. The number of aliphatic hydroxyl groups excluding tert-OH is 1. The zero-order valence-electron chi connectivity index (χ0n) is 10.3. The number of halogens is 1. The third-order valence-electron chi connectivity index (χ3n) is 3.43. The van der Waals surface area contributed by atoms with E-state index in [0.29, 0.717) is 18.3 Å². The zero-order chi connectivity index (χ0) is 12.8. The van der Waals surface area contributed by atoms with Gasteiger partial charge in [-0.05, 0) is 30.9 Å². The molecule has 1 N–H and O–H groups in total. The van der Waals surface area contributed by atoms with Crippen LogP contribution in [0.2, 0.25) is 0 Å². The minimum atomic E-state index is -0.306. The summed E-state index contributed by atoms with van der Waals surface area (Å²) in [5, 5.41) is 9.42. The largest absolute Gasteiger partial charge is 0.493 e. The Balaban J connectivity index is 1.86. The molecule has 1 aliphatic heterocycles. The van der Waals surface area contributed by atoms with Gasteiger partial charge in [-0.2, -0.15) is 0 Å². The van der Waals surface area contributed by atoms with Gasteiger partial charge in [0.15, 0.2) is 0 Å². The van der Waals surface area contributed by atoms with Gasteiger partial charge in [-0.1, -0.05) is 6.07 Å². The van der Waals surface area contributed by atoms with Gasteiger partial charge in [0.05, 0.1) is 6.61 Å². The van der Waals surface area contributed by atoms with Crippen molar-refractivity contribution < 1.29 is 19.0 Å². The first-order chi connectivity index (χ1) is 8.79. The third-order valence-corrected chi connectivity index (χ3v) is 3.43. The van der Waals surface area contributed by atoms with Crippen molar-refractivity contribution in [3.05, 3.63) is 30.1 Å². The molecule has 100 valence electrons. The van der Waals surface area contributed by atoms with Gasteiger partial charge < -0.3 is 14.6 Å². The fourth-order valence-electron chi connectivity index (χ4n) is 2.29. The highest BCUT2D eigenvalue weighted by Crippen LogP contribution is 2.24. The maximum atomic E-state index is 13.0. The summed E-state index contributed by atoms with van der Waals surface area (Å²) in [4.78, 5) is 0. The summed E-state index contributed by atoms with van der Waals surface area (Å²) in [5.74, 6) is 0.731. The molecule has 1 fully saturated rings. The van der Waals surface area contributed by atoms with E-state index in [-0.39, 0.29) is 18.3 Å². The average molecular weight is 254 g/mol. The van der Waals surface area contributed by atoms with Crippen LogP contribution in [0.15, 0.2) is 24.3 Å². The SMILES string of the molecule is OCC(COc1cccc(F)c1)C1CCOCC1. The number of hydrogen-bond acceptors (Lipinski definition) is 3. The van der Waals surface area contributed by atoms with Gasteiger partial charge in [0.2, 0.25) is 0 Å². The Morgan fingerprint density at radius 1 is 1.39 bits per heavy atom. The van der Waals surface area contributed by atoms with Gasteiger partial charge in [-0.3, -0.25) is 0 Å². The monoisotopic (exact) mass is 254 g/mol. The molecule has 0 aliphatic carbocycles. The topological polar surface area (TPSA) is 38.7 Å². The van der Waals surface area contributed by atoms with E-state index in [1.807, 2.05) is 0 Å². The molecule has 0 spiro atoms. The lowest BCUT2D eigenvalue weighted by Gasteiger charge is -2.28. The van der Waals surface area contributed by atoms with Gasteiger partial charge in [-0.15, -0.1) is 0 Å². The fourth-order valence-corrected chi connectivity index (χ4v) is 2.29. The molecule has 1 heterocycles. The molecule has 0 radical (unpaired) electrons. The van der Waals surface area contributed by atoms with Crippen molar-refractivity contribution in [2.24, 2.45) is 11.8 Å². The highest BCUT2D eigenvalue weighted by Gasteiger charge is 2.24. The second kappa shape index (κ2) is 6.71. The molecule has 0 amide bonds. The van der Waals surface area contributed by atoms with Crippen LogP contribution < -0.4 is 4.74 Å². The van der Waals surface area contributed by atoms with Crippen LogP contribution in [0.5, 0.6) is 5.75 Å². The molecule has 0 saturated carbocycles. The predicted octanol–water partition coefficient (Wildman–Crippen LogP) is 2.24. The maximum Gasteiger partial charge on any atom is 0.126 e. The lowest BCUT2D eigenvalue weighted by molar-refractivity contribution is 0.0199. The highest BCUT2D eigenvalue weighted by atomic mass is 19.1. The number of ether oxygens (including phenoxy) is 2. The number of aliphatic hydroxyl groups is 1. The lowest BCUT2D eigenvalue weighted by atomic mass is 9.87. The fraction of sp³-hybridized carbons (Fsp3) is 0.571. The molecule has 1 atom stereocenters. The quantitative estimate of drug-likeness (QED) is 0.875. The van der Waals surface area contributed by atoms with Crippen LogP contribution in [0.1, 0.15) is 12.8 Å². The van der Waals surface area contributed by atoms with Crippen LogP contribution in [0.25, 0.3) is 0 Å². The van der Waals surface area contributed by atoms with Gasteiger partial charge in [0, 0.05) is 31.8 Å². The molecule has 0 aromatic heterocycles. The van der Waals surface area contributed by atoms with Crippen LogP contribution in [-0.4, -0.2) is 31.5 Å². The van der Waals surface area contributed by atoms with Crippen LogP contribution in [0.4, 0.5) is 4.39 Å². The Morgan fingerprint density at radius 2 is 2.17 bits per heavy atom. The van der Waals surface area contributed by atoms with Gasteiger partial charge in [-0.25, -0.2) is 4.39 Å². The van der Waals surface area contributed by atoms with E-state index in [1.54, 1.807) is 12.1 Å². The summed E-state index contributed by atoms with van der Waals surface area (Å²) >= 11 is 0. The van der Waals surface area contributed by atoms with E-state index in [1.165, 1.54) is 12.1 Å². The van der Waals surface area contributed by atoms with E-state index >= 15 is 0 Å². The summed E-state index contributed by atoms with van der Waals surface area (Å²) in [6.07, 6.45) is 1.91. The normalized spacial score (nSPS) is 18.6. The second-order valence-electron chi connectivity index (χ2n) is 4.66. The smallest absolute Gasteiger partial charge is 0.126 e. The first-order valence-electron chi connectivity index (χ1n) is 6.36. The van der Waals surface area contributed by atoms with Crippen molar-refractivity contribution in [1.29, 1.82) is 0 Å². The summed E-state index contributed by atoms with van der Waals surface area (Å²) in [6, 6.07) is 6.09. The van der Waals surface area contributed by atoms with E-state index in [0.717, 1.165) is 26.1 Å². The molecule has 0 bridgehead atoms. The Labute approximate surface area is 107 Å². The van der Waals surface area contributed by atoms with Gasteiger partial charge in [0.1, 0.15) is 11.6 Å². The molecule has 1 unspecified atom stereocenters. The molecular weight excluding hydrogens is 235 g/mol. The Kier molecular flexibility index (Phi) is 4.96. The van der Waals surface area contributed by atoms with E-state index in [2.05, 4.69) is 0 Å². The minimum Gasteiger partial charge on any atom is -0.493 e. The Morgan fingerprint density at radius 3 is 2.83 bits per heavy atom. The Bertz CT molecular complexity index is 364. The van der Waals surface area contributed by atoms with Gasteiger partial charge >= 0.3 is 0 Å². The molecule has 1 aliphatic rings. The first kappa shape index (κ1) is 13.3. The molecule has 3 nitrogen and oxygen atoms in total. The first-order valence-corrected chi connectivity index (χ1v) is 6.36. The van der Waals surface area contributed by atoms with Crippen molar-refractivity contribution in [2.45, 2.75) is 12.8 Å². The van der Waals surface area contributed by atoms with E-state index < -0.39 is 0 Å². The second-order valence-corrected chi connectivity index (χ2v) is 4.66. The van der Waals surface area contributed by atoms with Crippen LogP contribution >= 0.6 is 0 Å². The summed E-state index contributed by atoms with van der Waals surface area (Å²) < 4.78 is 23.8. The van der Waals surface area contributed by atoms with E-state index in [4.69, 9.17) is 9.47 Å². The van der Waals surface area contributed by atoms with Crippen molar-refractivity contribution in [1.82, 2.24) is 0 Å². The molecule has 1 aromatic carbocycles. The number of benzene rings is 1. The van der Waals surface area contributed by atoms with E-state index in [9.17, 15) is 9.50 Å². The summed E-state index contributed by atoms with van der Waals surface area (Å²) in [5.41, 5.74) is 0. The number of rotatable bonds is 5. The van der Waals surface area contributed by atoms with Crippen LogP contribution in [-0.2, 0) is 4.74 Å².